The maximum absolute atomic E-state index is 12.6. The van der Waals surface area contributed by atoms with Crippen LogP contribution in [0.2, 0.25) is 5.02 Å². The molecular weight excluding hydrogens is 671 g/mol. The summed E-state index contributed by atoms with van der Waals surface area (Å²) in [5.41, 5.74) is 4.80. The largest absolute Gasteiger partial charge is 0.493 e. The summed E-state index contributed by atoms with van der Waals surface area (Å²) < 4.78 is 19.1. The summed E-state index contributed by atoms with van der Waals surface area (Å²) in [4.78, 5) is 12.6. The fourth-order valence-electron chi connectivity index (χ4n) is 3.93. The number of amides is 1. The van der Waals surface area contributed by atoms with E-state index in [-0.39, 0.29) is 5.76 Å². The second-order valence-electron chi connectivity index (χ2n) is 8.08. The normalized spacial score (nSPS) is 11.4. The Balaban J connectivity index is 1.30. The smallest absolute Gasteiger partial charge is 0.307 e. The quantitative estimate of drug-likeness (QED) is 0.107. The van der Waals surface area contributed by atoms with Crippen LogP contribution in [0.25, 0.3) is 21.7 Å². The zero-order valence-electron chi connectivity index (χ0n) is 19.4. The van der Waals surface area contributed by atoms with Crippen molar-refractivity contribution in [3.63, 3.8) is 0 Å². The highest BCUT2D eigenvalue weighted by atomic mass is 127. The Labute approximate surface area is 239 Å². The summed E-state index contributed by atoms with van der Waals surface area (Å²) in [5.74, 6) is 0.586. The van der Waals surface area contributed by atoms with Gasteiger partial charge in [-0.25, -0.2) is 5.43 Å². The predicted molar refractivity (Wildman–Crippen MR) is 158 cm³/mol. The Morgan fingerprint density at radius 3 is 2.76 bits per heavy atom. The summed E-state index contributed by atoms with van der Waals surface area (Å²) in [6.45, 7) is 0.327. The number of fused-ring (bicyclic) bond motifs is 2. The highest BCUT2D eigenvalue weighted by molar-refractivity contribution is 14.1. The molecule has 5 rings (SSSR count). The fraction of sp³-hybridized carbons (Fsp3) is 0.0714. The number of halogens is 3. The Kier molecular flexibility index (Phi) is 7.68. The lowest BCUT2D eigenvalue weighted by Crippen LogP contribution is -2.16. The third-order valence-electron chi connectivity index (χ3n) is 5.64. The molecule has 6 nitrogen and oxygen atoms in total. The van der Waals surface area contributed by atoms with Gasteiger partial charge in [0.2, 0.25) is 0 Å². The molecule has 0 unspecified atom stereocenters. The molecule has 0 radical (unpaired) electrons. The van der Waals surface area contributed by atoms with Crippen molar-refractivity contribution in [3.05, 3.63) is 103 Å². The Morgan fingerprint density at radius 1 is 1.11 bits per heavy atom. The van der Waals surface area contributed by atoms with Gasteiger partial charge in [0.15, 0.2) is 17.3 Å². The van der Waals surface area contributed by atoms with E-state index in [1.54, 1.807) is 25.3 Å². The van der Waals surface area contributed by atoms with Gasteiger partial charge in [-0.05, 0) is 74.8 Å². The van der Waals surface area contributed by atoms with Gasteiger partial charge in [-0.3, -0.25) is 4.79 Å². The summed E-state index contributed by atoms with van der Waals surface area (Å²) in [6.07, 6.45) is 1.48. The molecule has 1 aromatic heterocycles. The molecule has 0 aliphatic rings. The molecule has 1 heterocycles. The molecule has 0 aliphatic carbocycles. The highest BCUT2D eigenvalue weighted by Gasteiger charge is 2.15. The Bertz CT molecular complexity index is 1660. The number of methoxy groups -OCH3 is 1. The van der Waals surface area contributed by atoms with E-state index >= 15 is 0 Å². The van der Waals surface area contributed by atoms with E-state index in [1.165, 1.54) is 6.21 Å². The summed E-state index contributed by atoms with van der Waals surface area (Å²) in [7, 11) is 1.54. The van der Waals surface area contributed by atoms with Gasteiger partial charge in [-0.1, -0.05) is 70.0 Å². The first-order chi connectivity index (χ1) is 17.9. The first kappa shape index (κ1) is 25.6. The standard InChI is InChI=1S/C28H19BrClIN2O4/c1-35-24-10-16(14-32-33-28(34)25-12-19-11-20(29)13-23(31)26(19)37-25)9-22(30)27(24)36-15-18-7-4-6-17-5-2-3-8-21(17)18/h2-14H,15H2,1H3,(H,33,34)/b32-14-. The first-order valence-electron chi connectivity index (χ1n) is 11.1. The van der Waals surface area contributed by atoms with E-state index in [2.05, 4.69) is 67.2 Å². The number of hydrazone groups is 1. The van der Waals surface area contributed by atoms with Crippen molar-refractivity contribution in [2.24, 2.45) is 5.10 Å². The van der Waals surface area contributed by atoms with Gasteiger partial charge in [-0.15, -0.1) is 0 Å². The molecule has 0 aliphatic heterocycles. The number of nitrogens with zero attached hydrogens (tertiary/aromatic N) is 1. The number of ether oxygens (including phenoxy) is 2. The van der Waals surface area contributed by atoms with Gasteiger partial charge in [0.25, 0.3) is 0 Å². The van der Waals surface area contributed by atoms with E-state index in [4.69, 9.17) is 25.5 Å². The van der Waals surface area contributed by atoms with Gasteiger partial charge < -0.3 is 13.9 Å². The Hall–Kier alpha value is -3.08. The lowest BCUT2D eigenvalue weighted by molar-refractivity contribution is 0.0929. The second kappa shape index (κ2) is 11.1. The molecule has 37 heavy (non-hydrogen) atoms. The third kappa shape index (κ3) is 5.61. The molecule has 186 valence electrons. The molecule has 1 amide bonds. The number of furan rings is 1. The molecule has 0 saturated heterocycles. The number of nitrogens with one attached hydrogen (secondary N) is 1. The number of rotatable bonds is 7. The topological polar surface area (TPSA) is 73.1 Å². The number of hydrogen-bond acceptors (Lipinski definition) is 5. The molecule has 0 fully saturated rings. The second-order valence-corrected chi connectivity index (χ2v) is 10.6. The van der Waals surface area contributed by atoms with E-state index in [0.717, 1.165) is 29.8 Å². The molecule has 1 N–H and O–H groups in total. The number of benzene rings is 4. The first-order valence-corrected chi connectivity index (χ1v) is 13.4. The summed E-state index contributed by atoms with van der Waals surface area (Å²) in [5, 5.41) is 7.50. The van der Waals surface area contributed by atoms with Crippen LogP contribution in [0.1, 0.15) is 21.7 Å². The third-order valence-corrected chi connectivity index (χ3v) is 7.18. The van der Waals surface area contributed by atoms with Gasteiger partial charge >= 0.3 is 5.91 Å². The minimum Gasteiger partial charge on any atom is -0.493 e. The van der Waals surface area contributed by atoms with Crippen LogP contribution in [-0.4, -0.2) is 19.2 Å². The lowest BCUT2D eigenvalue weighted by Gasteiger charge is -2.14. The molecule has 9 heteroatoms. The number of carbonyl (C=O) groups is 1. The van der Waals surface area contributed by atoms with Gasteiger partial charge in [0, 0.05) is 9.86 Å². The monoisotopic (exact) mass is 688 g/mol. The molecular formula is C28H19BrClIN2O4. The minimum absolute atomic E-state index is 0.163. The zero-order valence-corrected chi connectivity index (χ0v) is 23.9. The van der Waals surface area contributed by atoms with Crippen molar-refractivity contribution >= 4 is 84.0 Å². The van der Waals surface area contributed by atoms with Crippen LogP contribution in [-0.2, 0) is 6.61 Å². The van der Waals surface area contributed by atoms with Crippen LogP contribution in [0.5, 0.6) is 11.5 Å². The molecule has 0 bridgehead atoms. The van der Waals surface area contributed by atoms with E-state index < -0.39 is 5.91 Å². The Morgan fingerprint density at radius 2 is 1.92 bits per heavy atom. The predicted octanol–water partition coefficient (Wildman–Crippen LogP) is 7.96. The number of hydrogen-bond donors (Lipinski definition) is 1. The van der Waals surface area contributed by atoms with Crippen LogP contribution in [0.15, 0.2) is 86.8 Å². The van der Waals surface area contributed by atoms with E-state index in [9.17, 15) is 4.79 Å². The van der Waals surface area contributed by atoms with Crippen LogP contribution in [0.4, 0.5) is 0 Å². The fourth-order valence-corrected chi connectivity index (χ4v) is 5.87. The van der Waals surface area contributed by atoms with E-state index in [1.807, 2.05) is 36.4 Å². The average Bonchev–Trinajstić information content (AvgIpc) is 3.32. The lowest BCUT2D eigenvalue weighted by atomic mass is 10.1. The number of carbonyl (C=O) groups excluding carboxylic acids is 1. The van der Waals surface area contributed by atoms with Crippen molar-refractivity contribution in [1.29, 1.82) is 0 Å². The average molecular weight is 690 g/mol. The SMILES string of the molecule is COc1cc(/C=N\NC(=O)c2cc3cc(Br)cc(I)c3o2)cc(Cl)c1OCc1cccc2ccccc12. The molecule has 0 spiro atoms. The van der Waals surface area contributed by atoms with Crippen LogP contribution in [0.3, 0.4) is 0 Å². The van der Waals surface area contributed by atoms with Gasteiger partial charge in [-0.2, -0.15) is 5.10 Å². The van der Waals surface area contributed by atoms with Crippen molar-refractivity contribution in [3.8, 4) is 11.5 Å². The summed E-state index contributed by atoms with van der Waals surface area (Å²) >= 11 is 12.1. The highest BCUT2D eigenvalue weighted by Crippen LogP contribution is 2.37. The zero-order chi connectivity index (χ0) is 25.9. The van der Waals surface area contributed by atoms with Crippen molar-refractivity contribution in [1.82, 2.24) is 5.43 Å². The van der Waals surface area contributed by atoms with Crippen LogP contribution >= 0.6 is 50.1 Å². The molecule has 5 aromatic rings. The van der Waals surface area contributed by atoms with Gasteiger partial charge in [0.1, 0.15) is 12.2 Å². The molecule has 0 atom stereocenters. The summed E-state index contributed by atoms with van der Waals surface area (Å²) in [6, 6.07) is 23.1. The van der Waals surface area contributed by atoms with Gasteiger partial charge in [0.05, 0.1) is 21.9 Å². The van der Waals surface area contributed by atoms with Crippen molar-refractivity contribution in [2.75, 3.05) is 7.11 Å². The van der Waals surface area contributed by atoms with Crippen LogP contribution < -0.4 is 14.9 Å². The van der Waals surface area contributed by atoms with Crippen LogP contribution in [0, 0.1) is 3.57 Å². The van der Waals surface area contributed by atoms with Crippen molar-refractivity contribution in [2.45, 2.75) is 6.61 Å². The van der Waals surface area contributed by atoms with E-state index in [0.29, 0.717) is 34.3 Å². The van der Waals surface area contributed by atoms with Crippen molar-refractivity contribution < 1.29 is 18.7 Å². The molecule has 0 saturated carbocycles. The molecule has 4 aromatic carbocycles. The maximum Gasteiger partial charge on any atom is 0.307 e. The maximum atomic E-state index is 12.6. The minimum atomic E-state index is -0.465.